The molecule has 0 aliphatic rings. The number of methoxy groups -OCH3 is 2. The number of hydrogen-bond acceptors (Lipinski definition) is 2. The monoisotopic (exact) mass is 269 g/mol. The predicted octanol–water partition coefficient (Wildman–Crippen LogP) is 3.45. The number of rotatable bonds is 3. The van der Waals surface area contributed by atoms with Gasteiger partial charge >= 0.3 is 0 Å². The van der Waals surface area contributed by atoms with E-state index in [4.69, 9.17) is 16.0 Å². The summed E-state index contributed by atoms with van der Waals surface area (Å²) in [6, 6.07) is 3.53. The van der Waals surface area contributed by atoms with Crippen LogP contribution in [0.2, 0.25) is 0 Å². The molecule has 1 unspecified atom stereocenters. The first-order chi connectivity index (χ1) is 7.13. The Labute approximate surface area is 98.0 Å². The summed E-state index contributed by atoms with van der Waals surface area (Å²) in [5.74, 6) is 1.29. The van der Waals surface area contributed by atoms with Gasteiger partial charge in [-0.15, -0.1) is 0 Å². The fraction of sp³-hybridized carbons (Fsp3) is 0.364. The lowest BCUT2D eigenvalue weighted by Crippen LogP contribution is -1.95. The Hall–Kier alpha value is -1.21. The van der Waals surface area contributed by atoms with Crippen molar-refractivity contribution in [3.8, 4) is 11.5 Å². The van der Waals surface area contributed by atoms with Crippen LogP contribution in [0, 0.1) is 6.57 Å². The van der Waals surface area contributed by atoms with Gasteiger partial charge < -0.3 is 14.3 Å². The third kappa shape index (κ3) is 2.42. The van der Waals surface area contributed by atoms with E-state index in [9.17, 15) is 0 Å². The topological polar surface area (TPSA) is 22.8 Å². The van der Waals surface area contributed by atoms with Gasteiger partial charge in [-0.05, 0) is 28.1 Å². The van der Waals surface area contributed by atoms with Crippen molar-refractivity contribution in [2.75, 3.05) is 14.2 Å². The van der Waals surface area contributed by atoms with Gasteiger partial charge in [-0.2, -0.15) is 0 Å². The van der Waals surface area contributed by atoms with E-state index >= 15 is 0 Å². The molecule has 1 aromatic carbocycles. The van der Waals surface area contributed by atoms with Gasteiger partial charge in [0.2, 0.25) is 6.04 Å². The van der Waals surface area contributed by atoms with E-state index in [0.29, 0.717) is 11.5 Å². The van der Waals surface area contributed by atoms with Crippen LogP contribution in [0.4, 0.5) is 0 Å². The Balaban J connectivity index is 3.26. The summed E-state index contributed by atoms with van der Waals surface area (Å²) in [4.78, 5) is 3.46. The Morgan fingerprint density at radius 2 is 2.00 bits per heavy atom. The molecule has 0 saturated heterocycles. The van der Waals surface area contributed by atoms with Gasteiger partial charge in [0.15, 0.2) is 11.5 Å². The maximum Gasteiger partial charge on any atom is 0.246 e. The van der Waals surface area contributed by atoms with Gasteiger partial charge in [0, 0.05) is 12.5 Å². The van der Waals surface area contributed by atoms with Gasteiger partial charge in [0.1, 0.15) is 0 Å². The molecule has 1 rings (SSSR count). The molecule has 0 aliphatic carbocycles. The maximum absolute atomic E-state index is 6.98. The number of nitrogens with zero attached hydrogens (tertiary/aromatic N) is 1. The van der Waals surface area contributed by atoms with Crippen LogP contribution < -0.4 is 9.47 Å². The molecule has 0 saturated carbocycles. The van der Waals surface area contributed by atoms with Crippen LogP contribution in [0.1, 0.15) is 18.5 Å². The third-order valence-corrected chi connectivity index (χ3v) is 2.72. The van der Waals surface area contributed by atoms with Gasteiger partial charge in [0.25, 0.3) is 0 Å². The quantitative estimate of drug-likeness (QED) is 0.785. The lowest BCUT2D eigenvalue weighted by atomic mass is 10.1. The van der Waals surface area contributed by atoms with Crippen LogP contribution >= 0.6 is 15.9 Å². The molecule has 1 aromatic rings. The van der Waals surface area contributed by atoms with E-state index in [1.54, 1.807) is 14.2 Å². The Bertz CT molecular complexity index is 398. The summed E-state index contributed by atoms with van der Waals surface area (Å²) in [6.07, 6.45) is 0. The zero-order chi connectivity index (χ0) is 11.4. The molecule has 0 spiro atoms. The van der Waals surface area contributed by atoms with Crippen molar-refractivity contribution in [3.63, 3.8) is 0 Å². The van der Waals surface area contributed by atoms with E-state index in [1.807, 2.05) is 19.1 Å². The molecule has 0 N–H and O–H groups in total. The van der Waals surface area contributed by atoms with Gasteiger partial charge in [-0.3, -0.25) is 0 Å². The van der Waals surface area contributed by atoms with E-state index < -0.39 is 0 Å². The minimum Gasteiger partial charge on any atom is -0.493 e. The molecule has 0 bridgehead atoms. The number of benzene rings is 1. The molecule has 4 heteroatoms. The molecule has 0 amide bonds. The van der Waals surface area contributed by atoms with Crippen molar-refractivity contribution in [3.05, 3.63) is 33.6 Å². The molecule has 0 aromatic heterocycles. The smallest absolute Gasteiger partial charge is 0.246 e. The average Bonchev–Trinajstić information content (AvgIpc) is 2.26. The third-order valence-electron chi connectivity index (χ3n) is 2.13. The Morgan fingerprint density at radius 1 is 1.33 bits per heavy atom. The van der Waals surface area contributed by atoms with Gasteiger partial charge in [-0.1, -0.05) is 0 Å². The highest BCUT2D eigenvalue weighted by atomic mass is 79.9. The molecule has 0 aliphatic heterocycles. The first-order valence-corrected chi connectivity index (χ1v) is 5.21. The summed E-state index contributed by atoms with van der Waals surface area (Å²) in [5.41, 5.74) is 0.912. The maximum atomic E-state index is 6.98. The minimum atomic E-state index is -0.180. The molecular weight excluding hydrogens is 258 g/mol. The van der Waals surface area contributed by atoms with Crippen molar-refractivity contribution in [1.29, 1.82) is 0 Å². The van der Waals surface area contributed by atoms with Crippen LogP contribution in [0.25, 0.3) is 4.85 Å². The molecule has 3 nitrogen and oxygen atoms in total. The molecule has 0 fully saturated rings. The zero-order valence-electron chi connectivity index (χ0n) is 8.87. The van der Waals surface area contributed by atoms with Crippen molar-refractivity contribution in [1.82, 2.24) is 0 Å². The fourth-order valence-electron chi connectivity index (χ4n) is 1.25. The van der Waals surface area contributed by atoms with Crippen molar-refractivity contribution >= 4 is 15.9 Å². The molecular formula is C11H12BrNO2. The zero-order valence-corrected chi connectivity index (χ0v) is 10.5. The van der Waals surface area contributed by atoms with Crippen LogP contribution in [-0.2, 0) is 0 Å². The van der Waals surface area contributed by atoms with E-state index in [-0.39, 0.29) is 6.04 Å². The van der Waals surface area contributed by atoms with Gasteiger partial charge in [-0.25, -0.2) is 6.57 Å². The molecule has 0 radical (unpaired) electrons. The van der Waals surface area contributed by atoms with Crippen LogP contribution in [-0.4, -0.2) is 14.2 Å². The largest absolute Gasteiger partial charge is 0.493 e. The number of halogens is 1. The van der Waals surface area contributed by atoms with Crippen LogP contribution in [0.3, 0.4) is 0 Å². The van der Waals surface area contributed by atoms with Crippen LogP contribution in [0.5, 0.6) is 11.5 Å². The predicted molar refractivity (Wildman–Crippen MR) is 62.3 cm³/mol. The SMILES string of the molecule is [C-]#[N+]C(C)c1cc(Br)c(OC)c(OC)c1. The van der Waals surface area contributed by atoms with Crippen molar-refractivity contribution in [2.45, 2.75) is 13.0 Å². The second kappa shape index (κ2) is 5.04. The second-order valence-corrected chi connectivity index (χ2v) is 3.90. The summed E-state index contributed by atoms with van der Waals surface area (Å²) >= 11 is 3.39. The summed E-state index contributed by atoms with van der Waals surface area (Å²) in [7, 11) is 3.16. The fourth-order valence-corrected chi connectivity index (χ4v) is 1.88. The first-order valence-electron chi connectivity index (χ1n) is 4.42. The summed E-state index contributed by atoms with van der Waals surface area (Å²) in [6.45, 7) is 8.83. The van der Waals surface area contributed by atoms with E-state index in [2.05, 4.69) is 20.8 Å². The molecule has 1 atom stereocenters. The van der Waals surface area contributed by atoms with Crippen molar-refractivity contribution < 1.29 is 9.47 Å². The normalized spacial score (nSPS) is 11.7. The summed E-state index contributed by atoms with van der Waals surface area (Å²) < 4.78 is 11.2. The first kappa shape index (κ1) is 11.9. The Kier molecular flexibility index (Phi) is 3.98. The van der Waals surface area contributed by atoms with Crippen molar-refractivity contribution in [2.24, 2.45) is 0 Å². The number of hydrogen-bond donors (Lipinski definition) is 0. The van der Waals surface area contributed by atoms with Crippen LogP contribution in [0.15, 0.2) is 16.6 Å². The molecule has 80 valence electrons. The number of ether oxygens (including phenoxy) is 2. The standard InChI is InChI=1S/C11H12BrNO2/c1-7(13-2)8-5-9(12)11(15-4)10(6-8)14-3/h5-7H,1,3-4H3. The molecule has 15 heavy (non-hydrogen) atoms. The minimum absolute atomic E-state index is 0.180. The lowest BCUT2D eigenvalue weighted by Gasteiger charge is -2.11. The highest BCUT2D eigenvalue weighted by Gasteiger charge is 2.16. The van der Waals surface area contributed by atoms with Gasteiger partial charge in [0.05, 0.1) is 18.7 Å². The van der Waals surface area contributed by atoms with E-state index in [0.717, 1.165) is 10.0 Å². The highest BCUT2D eigenvalue weighted by molar-refractivity contribution is 9.10. The average molecular weight is 270 g/mol. The second-order valence-electron chi connectivity index (χ2n) is 3.04. The van der Waals surface area contributed by atoms with E-state index in [1.165, 1.54) is 0 Å². The highest BCUT2D eigenvalue weighted by Crippen LogP contribution is 2.38. The lowest BCUT2D eigenvalue weighted by molar-refractivity contribution is 0.352. The molecule has 0 heterocycles. The Morgan fingerprint density at radius 3 is 2.47 bits per heavy atom. The summed E-state index contributed by atoms with van der Waals surface area (Å²) in [5, 5.41) is 0.